The molecule has 1 aliphatic rings. The summed E-state index contributed by atoms with van der Waals surface area (Å²) in [6, 6.07) is 10.4. The van der Waals surface area contributed by atoms with Crippen molar-refractivity contribution in [1.82, 2.24) is 9.80 Å². The van der Waals surface area contributed by atoms with Gasteiger partial charge in [-0.25, -0.2) is 0 Å². The molecule has 0 bridgehead atoms. The highest BCUT2D eigenvalue weighted by molar-refractivity contribution is 5.75. The minimum Gasteiger partial charge on any atom is -0.374 e. The molecule has 2 rings (SSSR count). The topological polar surface area (TPSA) is 58.8 Å². The first-order valence-electron chi connectivity index (χ1n) is 6.98. The quantitative estimate of drug-likeness (QED) is 0.813. The Bertz CT molecular complexity index is 424. The largest absolute Gasteiger partial charge is 0.374 e. The number of hydrogen-bond acceptors (Lipinski definition) is 4. The van der Waals surface area contributed by atoms with Crippen molar-refractivity contribution in [2.24, 2.45) is 5.73 Å². The second-order valence-electron chi connectivity index (χ2n) is 5.38. The molecule has 0 saturated carbocycles. The number of ether oxygens (including phenoxy) is 1. The number of nitrogens with zero attached hydrogens (tertiary/aromatic N) is 2. The molecule has 0 radical (unpaired) electrons. The summed E-state index contributed by atoms with van der Waals surface area (Å²) >= 11 is 0. The van der Waals surface area contributed by atoms with Crippen LogP contribution in [0.15, 0.2) is 30.3 Å². The maximum atomic E-state index is 10.9. The number of hydrogen-bond donors (Lipinski definition) is 1. The van der Waals surface area contributed by atoms with E-state index in [0.29, 0.717) is 0 Å². The van der Waals surface area contributed by atoms with Crippen molar-refractivity contribution in [3.05, 3.63) is 35.9 Å². The van der Waals surface area contributed by atoms with E-state index in [-0.39, 0.29) is 18.6 Å². The van der Waals surface area contributed by atoms with Gasteiger partial charge in [0.1, 0.15) is 0 Å². The predicted molar refractivity (Wildman–Crippen MR) is 78.2 cm³/mol. The summed E-state index contributed by atoms with van der Waals surface area (Å²) in [6.07, 6.45) is 0.136. The van der Waals surface area contributed by atoms with Gasteiger partial charge in [0.2, 0.25) is 5.91 Å². The number of morpholine rings is 1. The van der Waals surface area contributed by atoms with Gasteiger partial charge in [-0.1, -0.05) is 30.3 Å². The van der Waals surface area contributed by atoms with Crippen molar-refractivity contribution in [1.29, 1.82) is 0 Å². The van der Waals surface area contributed by atoms with Crippen LogP contribution in [0.1, 0.15) is 5.56 Å². The Morgan fingerprint density at radius 1 is 1.45 bits per heavy atom. The summed E-state index contributed by atoms with van der Waals surface area (Å²) in [7, 11) is 1.89. The summed E-state index contributed by atoms with van der Waals surface area (Å²) in [5.41, 5.74) is 6.51. The van der Waals surface area contributed by atoms with Crippen LogP contribution in [0.4, 0.5) is 0 Å². The summed E-state index contributed by atoms with van der Waals surface area (Å²) in [6.45, 7) is 4.53. The average molecular weight is 277 g/mol. The van der Waals surface area contributed by atoms with E-state index in [1.807, 2.05) is 18.0 Å². The number of rotatable bonds is 6. The third kappa shape index (κ3) is 4.92. The SMILES string of the molecule is CN(CC(N)=O)CC1CN(Cc2ccccc2)CCO1. The van der Waals surface area contributed by atoms with E-state index in [4.69, 9.17) is 10.5 Å². The van der Waals surface area contributed by atoms with Gasteiger partial charge < -0.3 is 10.5 Å². The molecule has 1 heterocycles. The molecule has 2 N–H and O–H groups in total. The lowest BCUT2D eigenvalue weighted by atomic mass is 10.2. The van der Waals surface area contributed by atoms with Crippen LogP contribution in [-0.2, 0) is 16.1 Å². The molecule has 20 heavy (non-hydrogen) atoms. The van der Waals surface area contributed by atoms with Crippen LogP contribution in [0.5, 0.6) is 0 Å². The second kappa shape index (κ2) is 7.38. The highest BCUT2D eigenvalue weighted by Crippen LogP contribution is 2.11. The number of primary amides is 1. The molecule has 0 aliphatic carbocycles. The molecule has 5 nitrogen and oxygen atoms in total. The molecular formula is C15H23N3O2. The predicted octanol–water partition coefficient (Wildman–Crippen LogP) is 0.305. The Morgan fingerprint density at radius 3 is 2.90 bits per heavy atom. The minimum absolute atomic E-state index is 0.136. The van der Waals surface area contributed by atoms with Gasteiger partial charge in [0.15, 0.2) is 0 Å². The molecule has 1 aromatic carbocycles. The van der Waals surface area contributed by atoms with Crippen LogP contribution in [0.3, 0.4) is 0 Å². The molecule has 5 heteroatoms. The van der Waals surface area contributed by atoms with Crippen molar-refractivity contribution in [3.8, 4) is 0 Å². The van der Waals surface area contributed by atoms with E-state index < -0.39 is 0 Å². The van der Waals surface area contributed by atoms with Crippen molar-refractivity contribution < 1.29 is 9.53 Å². The lowest BCUT2D eigenvalue weighted by molar-refractivity contribution is -0.119. The van der Waals surface area contributed by atoms with Crippen LogP contribution in [0.2, 0.25) is 0 Å². The highest BCUT2D eigenvalue weighted by atomic mass is 16.5. The van der Waals surface area contributed by atoms with Crippen molar-refractivity contribution in [2.45, 2.75) is 12.6 Å². The molecule has 1 aromatic rings. The fraction of sp³-hybridized carbons (Fsp3) is 0.533. The number of carbonyl (C=O) groups is 1. The maximum Gasteiger partial charge on any atom is 0.231 e. The van der Waals surface area contributed by atoms with Gasteiger partial charge in [0.05, 0.1) is 19.3 Å². The molecule has 1 unspecified atom stereocenters. The summed E-state index contributed by atoms with van der Waals surface area (Å²) in [5.74, 6) is -0.301. The van der Waals surface area contributed by atoms with Crippen molar-refractivity contribution >= 4 is 5.91 Å². The van der Waals surface area contributed by atoms with Gasteiger partial charge in [-0.3, -0.25) is 14.6 Å². The van der Waals surface area contributed by atoms with Crippen LogP contribution < -0.4 is 5.73 Å². The van der Waals surface area contributed by atoms with Crippen molar-refractivity contribution in [3.63, 3.8) is 0 Å². The van der Waals surface area contributed by atoms with E-state index in [1.54, 1.807) is 0 Å². The summed E-state index contributed by atoms with van der Waals surface area (Å²) < 4.78 is 5.76. The zero-order valence-corrected chi connectivity index (χ0v) is 12.0. The fourth-order valence-corrected chi connectivity index (χ4v) is 2.55. The molecule has 1 saturated heterocycles. The Balaban J connectivity index is 1.81. The van der Waals surface area contributed by atoms with E-state index in [0.717, 1.165) is 32.8 Å². The molecule has 1 atom stereocenters. The molecule has 0 spiro atoms. The van der Waals surface area contributed by atoms with Crippen LogP contribution in [-0.4, -0.2) is 61.6 Å². The normalized spacial score (nSPS) is 20.2. The average Bonchev–Trinajstić information content (AvgIpc) is 2.39. The number of benzene rings is 1. The van der Waals surface area contributed by atoms with Crippen LogP contribution >= 0.6 is 0 Å². The molecule has 0 aromatic heterocycles. The number of amides is 1. The molecule has 1 aliphatic heterocycles. The smallest absolute Gasteiger partial charge is 0.231 e. The highest BCUT2D eigenvalue weighted by Gasteiger charge is 2.22. The molecule has 110 valence electrons. The minimum atomic E-state index is -0.301. The Hall–Kier alpha value is -1.43. The van der Waals surface area contributed by atoms with E-state index in [1.165, 1.54) is 5.56 Å². The zero-order chi connectivity index (χ0) is 14.4. The van der Waals surface area contributed by atoms with E-state index in [2.05, 4.69) is 29.2 Å². The summed E-state index contributed by atoms with van der Waals surface area (Å²) in [5, 5.41) is 0. The molecule has 1 fully saturated rings. The standard InChI is InChI=1S/C15H23N3O2/c1-17(12-15(16)19)10-14-11-18(7-8-20-14)9-13-5-3-2-4-6-13/h2-6,14H,7-12H2,1H3,(H2,16,19). The number of likely N-dealkylation sites (N-methyl/N-ethyl adjacent to an activating group) is 1. The molecule has 1 amide bonds. The van der Waals surface area contributed by atoms with E-state index in [9.17, 15) is 4.79 Å². The maximum absolute atomic E-state index is 10.9. The fourth-order valence-electron chi connectivity index (χ4n) is 2.55. The van der Waals surface area contributed by atoms with Gasteiger partial charge in [0.25, 0.3) is 0 Å². The number of nitrogens with two attached hydrogens (primary N) is 1. The lowest BCUT2D eigenvalue weighted by Crippen LogP contribution is -2.47. The lowest BCUT2D eigenvalue weighted by Gasteiger charge is -2.34. The van der Waals surface area contributed by atoms with Crippen molar-refractivity contribution in [2.75, 3.05) is 39.8 Å². The Morgan fingerprint density at radius 2 is 2.20 bits per heavy atom. The van der Waals surface area contributed by atoms with Gasteiger partial charge >= 0.3 is 0 Å². The Kier molecular flexibility index (Phi) is 5.52. The van der Waals surface area contributed by atoms with Gasteiger partial charge in [-0.15, -0.1) is 0 Å². The third-order valence-corrected chi connectivity index (χ3v) is 3.41. The first-order valence-corrected chi connectivity index (χ1v) is 6.98. The Labute approximate surface area is 120 Å². The molecular weight excluding hydrogens is 254 g/mol. The van der Waals surface area contributed by atoms with E-state index >= 15 is 0 Å². The van der Waals surface area contributed by atoms with Crippen LogP contribution in [0.25, 0.3) is 0 Å². The van der Waals surface area contributed by atoms with Crippen LogP contribution in [0, 0.1) is 0 Å². The van der Waals surface area contributed by atoms with Gasteiger partial charge in [-0.05, 0) is 12.6 Å². The third-order valence-electron chi connectivity index (χ3n) is 3.41. The second-order valence-corrected chi connectivity index (χ2v) is 5.38. The van der Waals surface area contributed by atoms with Gasteiger partial charge in [0, 0.05) is 26.2 Å². The monoisotopic (exact) mass is 277 g/mol. The zero-order valence-electron chi connectivity index (χ0n) is 12.0. The summed E-state index contributed by atoms with van der Waals surface area (Å²) in [4.78, 5) is 15.2. The number of carbonyl (C=O) groups excluding carboxylic acids is 1. The van der Waals surface area contributed by atoms with Gasteiger partial charge in [-0.2, -0.15) is 0 Å². The first-order chi connectivity index (χ1) is 9.63. The first kappa shape index (κ1) is 15.0.